The highest BCUT2D eigenvalue weighted by atomic mass is 16.5. The van der Waals surface area contributed by atoms with Gasteiger partial charge in [0.25, 0.3) is 0 Å². The van der Waals surface area contributed by atoms with Gasteiger partial charge in [-0.05, 0) is 31.1 Å². The fraction of sp³-hybridized carbons (Fsp3) is 1.00. The van der Waals surface area contributed by atoms with Crippen LogP contribution in [0.5, 0.6) is 0 Å². The van der Waals surface area contributed by atoms with Gasteiger partial charge in [0.05, 0.1) is 25.4 Å². The summed E-state index contributed by atoms with van der Waals surface area (Å²) in [5, 5.41) is 9.90. The van der Waals surface area contributed by atoms with E-state index in [2.05, 4.69) is 13.8 Å². The minimum atomic E-state index is -0.299. The Morgan fingerprint density at radius 3 is 2.67 bits per heavy atom. The maximum absolute atomic E-state index is 9.90. The minimum Gasteiger partial charge on any atom is -0.390 e. The zero-order valence-electron chi connectivity index (χ0n) is 12.0. The van der Waals surface area contributed by atoms with Crippen LogP contribution in [0.25, 0.3) is 0 Å². The normalized spacial score (nSPS) is 27.3. The summed E-state index contributed by atoms with van der Waals surface area (Å²) in [4.78, 5) is 0. The first-order valence-electron chi connectivity index (χ1n) is 6.91. The van der Waals surface area contributed by atoms with Crippen LogP contribution < -0.4 is 0 Å². The standard InChI is InChI=1S/C14H28O4/c1-14(2)6-5-12(15)13(11-14)18-8-4-7-17-10-9-16-3/h12-13,15H,4-11H2,1-3H3. The summed E-state index contributed by atoms with van der Waals surface area (Å²) in [5.41, 5.74) is 0.291. The molecule has 1 aliphatic rings. The first-order valence-corrected chi connectivity index (χ1v) is 6.91. The van der Waals surface area contributed by atoms with Crippen molar-refractivity contribution in [2.45, 2.75) is 51.7 Å². The molecule has 1 saturated carbocycles. The highest BCUT2D eigenvalue weighted by molar-refractivity contribution is 4.85. The molecule has 0 amide bonds. The van der Waals surface area contributed by atoms with Crippen molar-refractivity contribution in [3.05, 3.63) is 0 Å². The van der Waals surface area contributed by atoms with Gasteiger partial charge in [-0.2, -0.15) is 0 Å². The van der Waals surface area contributed by atoms with Gasteiger partial charge in [-0.15, -0.1) is 0 Å². The highest BCUT2D eigenvalue weighted by Crippen LogP contribution is 2.36. The maximum Gasteiger partial charge on any atom is 0.0839 e. The zero-order chi connectivity index (χ0) is 13.4. The molecule has 108 valence electrons. The van der Waals surface area contributed by atoms with Crippen molar-refractivity contribution in [3.8, 4) is 0 Å². The SMILES string of the molecule is COCCOCCCOC1CC(C)(C)CCC1O. The Balaban J connectivity index is 2.07. The van der Waals surface area contributed by atoms with Crippen molar-refractivity contribution >= 4 is 0 Å². The fourth-order valence-electron chi connectivity index (χ4n) is 2.32. The molecule has 0 aromatic rings. The Bertz CT molecular complexity index is 218. The van der Waals surface area contributed by atoms with Crippen molar-refractivity contribution in [2.75, 3.05) is 33.5 Å². The molecule has 18 heavy (non-hydrogen) atoms. The largest absolute Gasteiger partial charge is 0.390 e. The van der Waals surface area contributed by atoms with Gasteiger partial charge in [0.2, 0.25) is 0 Å². The Labute approximate surface area is 111 Å². The number of methoxy groups -OCH3 is 1. The second-order valence-corrected chi connectivity index (χ2v) is 5.84. The van der Waals surface area contributed by atoms with Crippen LogP contribution >= 0.6 is 0 Å². The molecule has 0 radical (unpaired) electrons. The van der Waals surface area contributed by atoms with E-state index in [0.717, 1.165) is 25.7 Å². The molecule has 1 N–H and O–H groups in total. The number of ether oxygens (including phenoxy) is 3. The molecule has 0 heterocycles. The molecule has 0 aromatic heterocycles. The van der Waals surface area contributed by atoms with Crippen LogP contribution in [0.15, 0.2) is 0 Å². The molecular weight excluding hydrogens is 232 g/mol. The van der Waals surface area contributed by atoms with Gasteiger partial charge in [0.1, 0.15) is 0 Å². The Morgan fingerprint density at radius 1 is 1.17 bits per heavy atom. The van der Waals surface area contributed by atoms with Gasteiger partial charge in [-0.1, -0.05) is 13.8 Å². The third kappa shape index (κ3) is 6.14. The van der Waals surface area contributed by atoms with Crippen LogP contribution in [0, 0.1) is 5.41 Å². The monoisotopic (exact) mass is 260 g/mol. The molecular formula is C14H28O4. The van der Waals surface area contributed by atoms with E-state index in [4.69, 9.17) is 14.2 Å². The summed E-state index contributed by atoms with van der Waals surface area (Å²) in [6.45, 7) is 7.10. The van der Waals surface area contributed by atoms with Crippen molar-refractivity contribution in [3.63, 3.8) is 0 Å². The predicted octanol–water partition coefficient (Wildman–Crippen LogP) is 2.00. The smallest absolute Gasteiger partial charge is 0.0839 e. The zero-order valence-corrected chi connectivity index (χ0v) is 12.0. The Hall–Kier alpha value is -0.160. The van der Waals surface area contributed by atoms with Crippen LogP contribution in [-0.4, -0.2) is 50.9 Å². The van der Waals surface area contributed by atoms with Crippen LogP contribution in [0.1, 0.15) is 39.5 Å². The van der Waals surface area contributed by atoms with Gasteiger partial charge in [0.15, 0.2) is 0 Å². The van der Waals surface area contributed by atoms with Crippen molar-refractivity contribution in [1.82, 2.24) is 0 Å². The molecule has 2 unspecified atom stereocenters. The summed E-state index contributed by atoms with van der Waals surface area (Å²) in [5.74, 6) is 0. The molecule has 2 atom stereocenters. The number of rotatable bonds is 8. The summed E-state index contributed by atoms with van der Waals surface area (Å²) < 4.78 is 16.0. The van der Waals surface area contributed by atoms with E-state index in [0.29, 0.717) is 31.8 Å². The summed E-state index contributed by atoms with van der Waals surface area (Å²) >= 11 is 0. The lowest BCUT2D eigenvalue weighted by Gasteiger charge is -2.38. The van der Waals surface area contributed by atoms with E-state index in [-0.39, 0.29) is 12.2 Å². The first-order chi connectivity index (χ1) is 8.55. The maximum atomic E-state index is 9.90. The summed E-state index contributed by atoms with van der Waals surface area (Å²) in [7, 11) is 1.67. The second-order valence-electron chi connectivity index (χ2n) is 5.84. The van der Waals surface area contributed by atoms with Crippen LogP contribution in [0.2, 0.25) is 0 Å². The second kappa shape index (κ2) is 8.10. The highest BCUT2D eigenvalue weighted by Gasteiger charge is 2.34. The van der Waals surface area contributed by atoms with Crippen LogP contribution in [0.4, 0.5) is 0 Å². The van der Waals surface area contributed by atoms with Gasteiger partial charge in [0, 0.05) is 20.3 Å². The summed E-state index contributed by atoms with van der Waals surface area (Å²) in [6.07, 6.45) is 3.43. The molecule has 1 aliphatic carbocycles. The van der Waals surface area contributed by atoms with Gasteiger partial charge < -0.3 is 19.3 Å². The molecule has 4 heteroatoms. The third-order valence-electron chi connectivity index (χ3n) is 3.50. The summed E-state index contributed by atoms with van der Waals surface area (Å²) in [6, 6.07) is 0. The minimum absolute atomic E-state index is 0.00674. The molecule has 1 fully saturated rings. The van der Waals surface area contributed by atoms with E-state index in [1.54, 1.807) is 7.11 Å². The van der Waals surface area contributed by atoms with Crippen molar-refractivity contribution in [1.29, 1.82) is 0 Å². The Kier molecular flexibility index (Phi) is 7.15. The number of hydrogen-bond donors (Lipinski definition) is 1. The molecule has 0 saturated heterocycles. The molecule has 0 aromatic carbocycles. The lowest BCUT2D eigenvalue weighted by atomic mass is 9.75. The van der Waals surface area contributed by atoms with Crippen molar-refractivity contribution in [2.24, 2.45) is 5.41 Å². The molecule has 0 aliphatic heterocycles. The van der Waals surface area contributed by atoms with Crippen molar-refractivity contribution < 1.29 is 19.3 Å². The van der Waals surface area contributed by atoms with E-state index >= 15 is 0 Å². The lowest BCUT2D eigenvalue weighted by Crippen LogP contribution is -2.39. The van der Waals surface area contributed by atoms with Crippen LogP contribution in [0.3, 0.4) is 0 Å². The fourth-order valence-corrected chi connectivity index (χ4v) is 2.32. The van der Waals surface area contributed by atoms with Gasteiger partial charge in [-0.3, -0.25) is 0 Å². The van der Waals surface area contributed by atoms with E-state index < -0.39 is 0 Å². The average Bonchev–Trinajstić information content (AvgIpc) is 2.32. The van der Waals surface area contributed by atoms with E-state index in [1.165, 1.54) is 0 Å². The lowest BCUT2D eigenvalue weighted by molar-refractivity contribution is -0.0892. The van der Waals surface area contributed by atoms with Gasteiger partial charge >= 0.3 is 0 Å². The molecule has 4 nitrogen and oxygen atoms in total. The number of aliphatic hydroxyl groups is 1. The molecule has 0 spiro atoms. The first kappa shape index (κ1) is 15.9. The van der Waals surface area contributed by atoms with Crippen LogP contribution in [-0.2, 0) is 14.2 Å². The third-order valence-corrected chi connectivity index (χ3v) is 3.50. The molecule has 0 bridgehead atoms. The quantitative estimate of drug-likeness (QED) is 0.678. The number of hydrogen-bond acceptors (Lipinski definition) is 4. The average molecular weight is 260 g/mol. The Morgan fingerprint density at radius 2 is 1.94 bits per heavy atom. The van der Waals surface area contributed by atoms with E-state index in [1.807, 2.05) is 0 Å². The number of aliphatic hydroxyl groups excluding tert-OH is 1. The molecule has 1 rings (SSSR count). The van der Waals surface area contributed by atoms with Gasteiger partial charge in [-0.25, -0.2) is 0 Å². The van der Waals surface area contributed by atoms with E-state index in [9.17, 15) is 5.11 Å². The topological polar surface area (TPSA) is 47.9 Å². The predicted molar refractivity (Wildman–Crippen MR) is 70.7 cm³/mol.